The summed E-state index contributed by atoms with van der Waals surface area (Å²) in [5.41, 5.74) is 0. The maximum Gasteiger partial charge on any atom is 0.0223 e. The topological polar surface area (TPSA) is 15.3 Å². The molecule has 2 heteroatoms. The second kappa shape index (κ2) is 7.49. The highest BCUT2D eigenvalue weighted by Crippen LogP contribution is 2.28. The average molecular weight is 252 g/mol. The molecule has 1 heterocycles. The third-order valence-corrected chi connectivity index (χ3v) is 5.06. The Kier molecular flexibility index (Phi) is 5.97. The fourth-order valence-corrected chi connectivity index (χ4v) is 3.86. The lowest BCUT2D eigenvalue weighted by atomic mass is 9.83. The summed E-state index contributed by atoms with van der Waals surface area (Å²) in [4.78, 5) is 2.74. The van der Waals surface area contributed by atoms with Gasteiger partial charge in [-0.3, -0.25) is 4.90 Å². The molecule has 2 atom stereocenters. The van der Waals surface area contributed by atoms with Gasteiger partial charge in [-0.2, -0.15) is 0 Å². The van der Waals surface area contributed by atoms with Gasteiger partial charge in [0.15, 0.2) is 0 Å². The molecule has 0 radical (unpaired) electrons. The Bertz CT molecular complexity index is 220. The van der Waals surface area contributed by atoms with Gasteiger partial charge in [-0.1, -0.05) is 32.6 Å². The Morgan fingerprint density at radius 1 is 1.06 bits per heavy atom. The molecule has 2 aliphatic rings. The molecule has 2 unspecified atom stereocenters. The number of nitrogens with one attached hydrogen (secondary N) is 1. The van der Waals surface area contributed by atoms with Crippen LogP contribution in [0, 0.1) is 5.92 Å². The van der Waals surface area contributed by atoms with Crippen molar-refractivity contribution in [1.82, 2.24) is 10.2 Å². The van der Waals surface area contributed by atoms with E-state index in [1.165, 1.54) is 64.5 Å². The van der Waals surface area contributed by atoms with Gasteiger partial charge < -0.3 is 5.32 Å². The predicted octanol–water partition coefficient (Wildman–Crippen LogP) is 3.42. The van der Waals surface area contributed by atoms with Gasteiger partial charge in [-0.15, -0.1) is 0 Å². The van der Waals surface area contributed by atoms with Crippen molar-refractivity contribution in [2.45, 2.75) is 77.3 Å². The van der Waals surface area contributed by atoms with E-state index in [1.807, 2.05) is 0 Å². The van der Waals surface area contributed by atoms with Gasteiger partial charge in [0, 0.05) is 18.6 Å². The molecule has 0 amide bonds. The first-order valence-corrected chi connectivity index (χ1v) is 8.28. The van der Waals surface area contributed by atoms with Gasteiger partial charge in [0.05, 0.1) is 0 Å². The van der Waals surface area contributed by atoms with Gasteiger partial charge in [-0.05, 0) is 51.6 Å². The first kappa shape index (κ1) is 14.3. The van der Waals surface area contributed by atoms with Crippen LogP contribution in [0.5, 0.6) is 0 Å². The van der Waals surface area contributed by atoms with Crippen LogP contribution < -0.4 is 5.32 Å². The number of nitrogens with zero attached hydrogens (tertiary/aromatic N) is 1. The first-order valence-electron chi connectivity index (χ1n) is 8.28. The van der Waals surface area contributed by atoms with Crippen LogP contribution in [0.25, 0.3) is 0 Å². The molecule has 2 nitrogen and oxygen atoms in total. The summed E-state index contributed by atoms with van der Waals surface area (Å²) in [6.07, 6.45) is 11.6. The monoisotopic (exact) mass is 252 g/mol. The standard InChI is InChI=1S/C16H32N2/c1-3-17-16(15-10-5-4-6-11-15)13-18-12-8-7-9-14(18)2/h14-17H,3-13H2,1-2H3. The molecule has 1 aliphatic carbocycles. The van der Waals surface area contributed by atoms with Gasteiger partial charge in [0.1, 0.15) is 0 Å². The van der Waals surface area contributed by atoms with Crippen molar-refractivity contribution in [1.29, 1.82) is 0 Å². The van der Waals surface area contributed by atoms with E-state index < -0.39 is 0 Å². The quantitative estimate of drug-likeness (QED) is 0.806. The number of likely N-dealkylation sites (tertiary alicyclic amines) is 1. The summed E-state index contributed by atoms with van der Waals surface area (Å²) in [5, 5.41) is 3.78. The van der Waals surface area contributed by atoms with E-state index in [0.29, 0.717) is 0 Å². The molecule has 1 saturated heterocycles. The summed E-state index contributed by atoms with van der Waals surface area (Å²) in [7, 11) is 0. The third kappa shape index (κ3) is 3.96. The largest absolute Gasteiger partial charge is 0.313 e. The molecular weight excluding hydrogens is 220 g/mol. The highest BCUT2D eigenvalue weighted by molar-refractivity contribution is 4.84. The van der Waals surface area contributed by atoms with E-state index in [-0.39, 0.29) is 0 Å². The van der Waals surface area contributed by atoms with Crippen LogP contribution >= 0.6 is 0 Å². The molecule has 0 spiro atoms. The van der Waals surface area contributed by atoms with Crippen molar-refractivity contribution in [2.75, 3.05) is 19.6 Å². The fourth-order valence-electron chi connectivity index (χ4n) is 3.86. The number of piperidine rings is 1. The highest BCUT2D eigenvalue weighted by Gasteiger charge is 2.27. The summed E-state index contributed by atoms with van der Waals surface area (Å²) >= 11 is 0. The molecule has 1 saturated carbocycles. The van der Waals surface area contributed by atoms with E-state index in [2.05, 4.69) is 24.1 Å². The molecule has 2 rings (SSSR count). The van der Waals surface area contributed by atoms with Gasteiger partial charge in [0.25, 0.3) is 0 Å². The van der Waals surface area contributed by atoms with Gasteiger partial charge in [-0.25, -0.2) is 0 Å². The zero-order valence-electron chi connectivity index (χ0n) is 12.5. The van der Waals surface area contributed by atoms with Crippen molar-refractivity contribution >= 4 is 0 Å². The first-order chi connectivity index (χ1) is 8.81. The zero-order valence-corrected chi connectivity index (χ0v) is 12.5. The molecule has 0 aromatic heterocycles. The summed E-state index contributed by atoms with van der Waals surface area (Å²) in [6, 6.07) is 1.55. The predicted molar refractivity (Wildman–Crippen MR) is 78.9 cm³/mol. The second-order valence-electron chi connectivity index (χ2n) is 6.40. The van der Waals surface area contributed by atoms with Crippen LogP contribution in [0.2, 0.25) is 0 Å². The Morgan fingerprint density at radius 2 is 1.78 bits per heavy atom. The number of hydrogen-bond acceptors (Lipinski definition) is 2. The molecule has 1 N–H and O–H groups in total. The molecule has 0 aromatic rings. The average Bonchev–Trinajstić information content (AvgIpc) is 2.42. The molecule has 18 heavy (non-hydrogen) atoms. The lowest BCUT2D eigenvalue weighted by molar-refractivity contribution is 0.120. The maximum atomic E-state index is 3.78. The summed E-state index contributed by atoms with van der Waals surface area (Å²) in [5.74, 6) is 0.938. The second-order valence-corrected chi connectivity index (χ2v) is 6.40. The van der Waals surface area contributed by atoms with E-state index >= 15 is 0 Å². The summed E-state index contributed by atoms with van der Waals surface area (Å²) < 4.78 is 0. The van der Waals surface area contributed by atoms with Crippen molar-refractivity contribution < 1.29 is 0 Å². The number of hydrogen-bond donors (Lipinski definition) is 1. The third-order valence-electron chi connectivity index (χ3n) is 5.06. The minimum atomic E-state index is 0.746. The van der Waals surface area contributed by atoms with Crippen molar-refractivity contribution in [3.63, 3.8) is 0 Å². The summed E-state index contributed by atoms with van der Waals surface area (Å²) in [6.45, 7) is 8.43. The highest BCUT2D eigenvalue weighted by atomic mass is 15.2. The minimum Gasteiger partial charge on any atom is -0.313 e. The van der Waals surface area contributed by atoms with Crippen LogP contribution in [-0.4, -0.2) is 36.6 Å². The van der Waals surface area contributed by atoms with Crippen LogP contribution in [0.15, 0.2) is 0 Å². The maximum absolute atomic E-state index is 3.78. The fraction of sp³-hybridized carbons (Fsp3) is 1.00. The van der Waals surface area contributed by atoms with Crippen LogP contribution in [0.4, 0.5) is 0 Å². The lowest BCUT2D eigenvalue weighted by Gasteiger charge is -2.39. The Balaban J connectivity index is 1.87. The molecule has 0 bridgehead atoms. The SMILES string of the molecule is CCNC(CN1CCCCC1C)C1CCCCC1. The molecular formula is C16H32N2. The normalized spacial score (nSPS) is 29.3. The van der Waals surface area contributed by atoms with Crippen LogP contribution in [-0.2, 0) is 0 Å². The molecule has 106 valence electrons. The van der Waals surface area contributed by atoms with Crippen LogP contribution in [0.3, 0.4) is 0 Å². The molecule has 0 aromatic carbocycles. The van der Waals surface area contributed by atoms with Crippen molar-refractivity contribution in [3.8, 4) is 0 Å². The van der Waals surface area contributed by atoms with E-state index in [1.54, 1.807) is 0 Å². The Hall–Kier alpha value is -0.0800. The van der Waals surface area contributed by atoms with Gasteiger partial charge in [0.2, 0.25) is 0 Å². The van der Waals surface area contributed by atoms with E-state index in [9.17, 15) is 0 Å². The minimum absolute atomic E-state index is 0.746. The van der Waals surface area contributed by atoms with Crippen molar-refractivity contribution in [3.05, 3.63) is 0 Å². The van der Waals surface area contributed by atoms with E-state index in [4.69, 9.17) is 0 Å². The van der Waals surface area contributed by atoms with E-state index in [0.717, 1.165) is 24.5 Å². The Labute approximate surface area is 114 Å². The number of likely N-dealkylation sites (N-methyl/N-ethyl adjacent to an activating group) is 1. The molecule has 2 fully saturated rings. The van der Waals surface area contributed by atoms with Crippen LogP contribution in [0.1, 0.15) is 65.2 Å². The zero-order chi connectivity index (χ0) is 12.8. The smallest absolute Gasteiger partial charge is 0.0223 e. The Morgan fingerprint density at radius 3 is 2.44 bits per heavy atom. The lowest BCUT2D eigenvalue weighted by Crippen LogP contribution is -2.50. The number of rotatable bonds is 5. The molecule has 1 aliphatic heterocycles. The van der Waals surface area contributed by atoms with Gasteiger partial charge >= 0.3 is 0 Å². The van der Waals surface area contributed by atoms with Crippen molar-refractivity contribution in [2.24, 2.45) is 5.92 Å².